The number of nitrogens with zero attached hydrogens (tertiary/aromatic N) is 1. The molecule has 6 atom stereocenters. The average molecular weight is 618 g/mol. The summed E-state index contributed by atoms with van der Waals surface area (Å²) in [6.07, 6.45) is -1.66. The highest BCUT2D eigenvalue weighted by Gasteiger charge is 2.81. The predicted molar refractivity (Wildman–Crippen MR) is 139 cm³/mol. The van der Waals surface area contributed by atoms with Gasteiger partial charge in [-0.1, -0.05) is 25.8 Å². The molecule has 0 heterocycles. The molecule has 0 unspecified atom stereocenters. The monoisotopic (exact) mass is 617 g/mol. The third-order valence-corrected chi connectivity index (χ3v) is 10.4. The zero-order valence-electron chi connectivity index (χ0n) is 23.8. The molecule has 3 aliphatic rings. The molecule has 0 radical (unpaired) electrons. The van der Waals surface area contributed by atoms with Crippen molar-refractivity contribution in [3.63, 3.8) is 0 Å². The Labute approximate surface area is 240 Å². The summed E-state index contributed by atoms with van der Waals surface area (Å²) in [6.45, 7) is 1.60. The van der Waals surface area contributed by atoms with Crippen LogP contribution in [0.2, 0.25) is 0 Å². The van der Waals surface area contributed by atoms with Crippen molar-refractivity contribution in [1.29, 1.82) is 0 Å². The Balaban J connectivity index is 1.31. The lowest BCUT2D eigenvalue weighted by molar-refractivity contribution is -0.396. The van der Waals surface area contributed by atoms with Crippen molar-refractivity contribution in [2.45, 2.75) is 107 Å². The summed E-state index contributed by atoms with van der Waals surface area (Å²) in [4.78, 5) is 1.23. The molecule has 240 valence electrons. The fourth-order valence-corrected chi connectivity index (χ4v) is 8.10. The van der Waals surface area contributed by atoms with Gasteiger partial charge in [-0.25, -0.2) is 0 Å². The number of phenols is 1. The first-order valence-corrected chi connectivity index (χ1v) is 14.7. The minimum atomic E-state index is -6.86. The van der Waals surface area contributed by atoms with Gasteiger partial charge in [0.25, 0.3) is 0 Å². The number of aryl methyl sites for hydroxylation is 1. The maximum absolute atomic E-state index is 13.9. The third kappa shape index (κ3) is 5.87. The number of aliphatic hydroxyl groups is 1. The zero-order chi connectivity index (χ0) is 31.3. The van der Waals surface area contributed by atoms with Crippen LogP contribution in [0, 0.1) is 23.2 Å². The van der Waals surface area contributed by atoms with Gasteiger partial charge in [-0.3, -0.25) is 0 Å². The average Bonchev–Trinajstić information content (AvgIpc) is 3.19. The molecule has 1 aromatic rings. The molecule has 4 rings (SSSR count). The Bertz CT molecular complexity index is 1100. The molecule has 0 spiro atoms. The number of phenolic OH excluding ortho intramolecular Hbond substituents is 1. The molecule has 42 heavy (non-hydrogen) atoms. The summed E-state index contributed by atoms with van der Waals surface area (Å²) in [7, 11) is 1.33. The van der Waals surface area contributed by atoms with E-state index in [1.54, 1.807) is 6.07 Å². The number of halogens is 9. The highest BCUT2D eigenvalue weighted by Crippen LogP contribution is 2.63. The van der Waals surface area contributed by atoms with E-state index in [-0.39, 0.29) is 23.8 Å². The fourth-order valence-electron chi connectivity index (χ4n) is 8.10. The molecule has 2 saturated carbocycles. The molecular formula is C30H40F9NO2. The van der Waals surface area contributed by atoms with Crippen molar-refractivity contribution in [3.05, 3.63) is 29.3 Å². The summed E-state index contributed by atoms with van der Waals surface area (Å²) in [5, 5.41) is 20.9. The van der Waals surface area contributed by atoms with Gasteiger partial charge in [-0.2, -0.15) is 39.5 Å². The number of unbranched alkanes of at least 4 members (excludes halogenated alkanes) is 2. The van der Waals surface area contributed by atoms with E-state index in [1.807, 2.05) is 12.1 Å². The van der Waals surface area contributed by atoms with E-state index >= 15 is 0 Å². The largest absolute Gasteiger partial charge is 0.508 e. The normalized spacial score (nSPS) is 30.3. The van der Waals surface area contributed by atoms with E-state index < -0.39 is 36.9 Å². The predicted octanol–water partition coefficient (Wildman–Crippen LogP) is 8.19. The van der Waals surface area contributed by atoms with E-state index in [1.165, 1.54) is 17.5 Å². The number of hydrogen-bond acceptors (Lipinski definition) is 3. The lowest BCUT2D eigenvalue weighted by Crippen LogP contribution is -2.61. The van der Waals surface area contributed by atoms with Crippen molar-refractivity contribution in [2.75, 3.05) is 20.1 Å². The molecule has 0 aromatic heterocycles. The first kappa shape index (κ1) is 33.2. The first-order chi connectivity index (χ1) is 19.3. The number of hydrogen-bond donors (Lipinski definition) is 2. The molecular weight excluding hydrogens is 577 g/mol. The van der Waals surface area contributed by atoms with Crippen molar-refractivity contribution in [1.82, 2.24) is 4.90 Å². The van der Waals surface area contributed by atoms with E-state index in [2.05, 4.69) is 6.92 Å². The smallest absolute Gasteiger partial charge is 0.460 e. The van der Waals surface area contributed by atoms with E-state index in [0.717, 1.165) is 50.5 Å². The van der Waals surface area contributed by atoms with E-state index in [4.69, 9.17) is 0 Å². The van der Waals surface area contributed by atoms with Crippen LogP contribution in [0.15, 0.2) is 18.2 Å². The maximum atomic E-state index is 13.9. The topological polar surface area (TPSA) is 43.7 Å². The van der Waals surface area contributed by atoms with Gasteiger partial charge < -0.3 is 15.1 Å². The van der Waals surface area contributed by atoms with Crippen LogP contribution in [0.5, 0.6) is 5.75 Å². The standard InChI is InChI=1S/C30H40F9NO2/c1-26-17-19(25-21-10-8-20(41)16-18(21)7-9-22(25)23(26)11-12-24(26)42)6-4-3-5-14-40(2)15-13-27(31,32)28(33,34)29(35,36)30(37,38)39/h8,10,16,19,22-25,41-42H,3-7,9,11-15,17H2,1-2H3/t19-,22-,23-,24-,25+,26-/m0/s1. The van der Waals surface area contributed by atoms with Gasteiger partial charge >= 0.3 is 23.9 Å². The molecule has 12 heteroatoms. The Kier molecular flexibility index (Phi) is 9.23. The lowest BCUT2D eigenvalue weighted by Gasteiger charge is -2.54. The van der Waals surface area contributed by atoms with Crippen molar-refractivity contribution < 1.29 is 49.7 Å². The van der Waals surface area contributed by atoms with Crippen LogP contribution in [0.4, 0.5) is 39.5 Å². The van der Waals surface area contributed by atoms with Crippen LogP contribution in [0.1, 0.15) is 81.8 Å². The van der Waals surface area contributed by atoms with Gasteiger partial charge in [-0.05, 0) is 111 Å². The van der Waals surface area contributed by atoms with Crippen LogP contribution in [0.25, 0.3) is 0 Å². The minimum absolute atomic E-state index is 0.170. The third-order valence-electron chi connectivity index (χ3n) is 10.4. The summed E-state index contributed by atoms with van der Waals surface area (Å²) in [5.74, 6) is -17.3. The molecule has 0 bridgehead atoms. The van der Waals surface area contributed by atoms with Gasteiger partial charge in [0.1, 0.15) is 5.75 Å². The molecule has 0 amide bonds. The number of rotatable bonds is 11. The molecule has 0 saturated heterocycles. The van der Waals surface area contributed by atoms with Crippen LogP contribution >= 0.6 is 0 Å². The second-order valence-electron chi connectivity index (χ2n) is 13.0. The van der Waals surface area contributed by atoms with Gasteiger partial charge in [-0.15, -0.1) is 0 Å². The number of aliphatic hydroxyl groups excluding tert-OH is 1. The summed E-state index contributed by atoms with van der Waals surface area (Å²) >= 11 is 0. The number of fused-ring (bicyclic) bond motifs is 5. The Morgan fingerprint density at radius 3 is 2.26 bits per heavy atom. The Morgan fingerprint density at radius 2 is 1.60 bits per heavy atom. The number of benzene rings is 1. The SMILES string of the molecule is CN(CCCCC[C@H]1C[C@]2(C)[C@@H](O)CC[C@H]2[C@@H]2CCc3cc(O)ccc3[C@@H]12)CCC(F)(F)C(F)(F)C(F)(F)C(F)(F)F. The first-order valence-electron chi connectivity index (χ1n) is 14.7. The maximum Gasteiger partial charge on any atom is 0.460 e. The molecule has 1 aromatic carbocycles. The van der Waals surface area contributed by atoms with E-state index in [9.17, 15) is 49.7 Å². The van der Waals surface area contributed by atoms with Gasteiger partial charge in [0.2, 0.25) is 0 Å². The number of aromatic hydroxyl groups is 1. The van der Waals surface area contributed by atoms with Crippen molar-refractivity contribution >= 4 is 0 Å². The quantitative estimate of drug-likeness (QED) is 0.195. The van der Waals surface area contributed by atoms with Crippen molar-refractivity contribution in [2.24, 2.45) is 23.2 Å². The van der Waals surface area contributed by atoms with Crippen LogP contribution in [-0.2, 0) is 6.42 Å². The highest BCUT2D eigenvalue weighted by molar-refractivity contribution is 5.40. The summed E-state index contributed by atoms with van der Waals surface area (Å²) in [6, 6.07) is 5.57. The lowest BCUT2D eigenvalue weighted by atomic mass is 9.51. The second kappa shape index (κ2) is 11.7. The molecule has 2 N–H and O–H groups in total. The van der Waals surface area contributed by atoms with Gasteiger partial charge in [0, 0.05) is 13.0 Å². The number of alkyl halides is 9. The van der Waals surface area contributed by atoms with Gasteiger partial charge in [0.05, 0.1) is 6.10 Å². The molecule has 0 aliphatic heterocycles. The van der Waals surface area contributed by atoms with Crippen molar-refractivity contribution in [3.8, 4) is 5.75 Å². The Hall–Kier alpha value is -1.69. The molecule has 2 fully saturated rings. The minimum Gasteiger partial charge on any atom is -0.508 e. The summed E-state index contributed by atoms with van der Waals surface area (Å²) < 4.78 is 118. The highest BCUT2D eigenvalue weighted by atomic mass is 19.4. The zero-order valence-corrected chi connectivity index (χ0v) is 23.8. The Morgan fingerprint density at radius 1 is 0.905 bits per heavy atom. The molecule has 3 aliphatic carbocycles. The van der Waals surface area contributed by atoms with Gasteiger partial charge in [0.15, 0.2) is 0 Å². The van der Waals surface area contributed by atoms with Crippen LogP contribution < -0.4 is 0 Å². The van der Waals surface area contributed by atoms with E-state index in [0.29, 0.717) is 36.5 Å². The van der Waals surface area contributed by atoms with Crippen LogP contribution in [0.3, 0.4) is 0 Å². The van der Waals surface area contributed by atoms with Crippen LogP contribution in [-0.4, -0.2) is 65.3 Å². The fraction of sp³-hybridized carbons (Fsp3) is 0.800. The molecule has 3 nitrogen and oxygen atoms in total. The second-order valence-corrected chi connectivity index (χ2v) is 13.0. The summed E-state index contributed by atoms with van der Waals surface area (Å²) in [5.41, 5.74) is 2.24.